The number of nitrogens with zero attached hydrogens (tertiary/aromatic N) is 5. The van der Waals surface area contributed by atoms with Gasteiger partial charge in [-0.25, -0.2) is 9.97 Å². The van der Waals surface area contributed by atoms with E-state index in [0.29, 0.717) is 25.4 Å². The lowest BCUT2D eigenvalue weighted by atomic mass is 10.2. The molecule has 0 aliphatic rings. The van der Waals surface area contributed by atoms with Crippen LogP contribution >= 0.6 is 11.3 Å². The number of hydrogen-bond donors (Lipinski definition) is 1. The Morgan fingerprint density at radius 1 is 1.39 bits per heavy atom. The molecule has 0 saturated heterocycles. The zero-order chi connectivity index (χ0) is 16.2. The molecule has 8 heteroatoms. The topological polar surface area (TPSA) is 110 Å². The minimum absolute atomic E-state index is 0.427. The number of hydrogen-bond acceptors (Lipinski definition) is 6. The third kappa shape index (κ3) is 3.13. The minimum atomic E-state index is 0.427. The van der Waals surface area contributed by atoms with Crippen LogP contribution in [0.2, 0.25) is 0 Å². The third-order valence-electron chi connectivity index (χ3n) is 3.41. The third-order valence-corrected chi connectivity index (χ3v) is 4.64. The number of thiazole rings is 1. The molecule has 0 amide bonds. The number of nitrogen functional groups attached to an aromatic ring is 1. The highest BCUT2D eigenvalue weighted by atomic mass is 32.1. The van der Waals surface area contributed by atoms with Crippen LogP contribution in [0.25, 0.3) is 31.6 Å². The molecule has 0 fully saturated rings. The van der Waals surface area contributed by atoms with Crippen molar-refractivity contribution in [2.75, 3.05) is 18.9 Å². The lowest BCUT2D eigenvalue weighted by molar-refractivity contribution is 0.314. The Labute approximate surface area is 136 Å². The smallest absolute Gasteiger partial charge is 0.151 e. The molecule has 0 unspecified atom stereocenters. The summed E-state index contributed by atoms with van der Waals surface area (Å²) in [5.41, 5.74) is 15.8. The van der Waals surface area contributed by atoms with Crippen LogP contribution in [0, 0.1) is 0 Å². The highest BCUT2D eigenvalue weighted by Crippen LogP contribution is 2.34. The molecule has 0 saturated carbocycles. The minimum Gasteiger partial charge on any atom is -0.494 e. The molecule has 3 rings (SSSR count). The van der Waals surface area contributed by atoms with Gasteiger partial charge in [0.2, 0.25) is 0 Å². The van der Waals surface area contributed by atoms with Gasteiger partial charge in [0, 0.05) is 22.9 Å². The van der Waals surface area contributed by atoms with Gasteiger partial charge in [0.15, 0.2) is 5.82 Å². The first-order chi connectivity index (χ1) is 11.2. The maximum atomic E-state index is 8.23. The molecule has 118 valence electrons. The second kappa shape index (κ2) is 6.68. The Bertz CT molecular complexity index is 900. The molecular weight excluding hydrogens is 312 g/mol. The van der Waals surface area contributed by atoms with E-state index in [-0.39, 0.29) is 0 Å². The van der Waals surface area contributed by atoms with Crippen LogP contribution in [0.15, 0.2) is 23.3 Å². The quantitative estimate of drug-likeness (QED) is 0.318. The zero-order valence-corrected chi connectivity index (χ0v) is 13.5. The Morgan fingerprint density at radius 3 is 3.04 bits per heavy atom. The highest BCUT2D eigenvalue weighted by Gasteiger charge is 2.12. The summed E-state index contributed by atoms with van der Waals surface area (Å²) >= 11 is 1.66. The summed E-state index contributed by atoms with van der Waals surface area (Å²) in [4.78, 5) is 11.7. The molecular formula is C15H16N6OS. The van der Waals surface area contributed by atoms with E-state index in [0.717, 1.165) is 38.3 Å². The Hall–Kier alpha value is -2.57. The van der Waals surface area contributed by atoms with Gasteiger partial charge in [-0.2, -0.15) is 0 Å². The van der Waals surface area contributed by atoms with Gasteiger partial charge in [-0.3, -0.25) is 0 Å². The summed E-state index contributed by atoms with van der Waals surface area (Å²) in [5.74, 6) is 1.17. The van der Waals surface area contributed by atoms with Gasteiger partial charge in [0.05, 0.1) is 21.8 Å². The number of ether oxygens (including phenoxy) is 1. The first kappa shape index (κ1) is 15.3. The van der Waals surface area contributed by atoms with E-state index in [9.17, 15) is 0 Å². The summed E-state index contributed by atoms with van der Waals surface area (Å²) in [6.45, 7) is 2.99. The standard InChI is InChI=1S/C15H16N6OS/c1-2-12-20-13-14(23-12)10-5-4-9(8-11(10)19-15(13)16)22-7-3-6-18-21-17/h4-5,8H,2-3,6-7H2,1H3,(H2,16,19). The number of aromatic nitrogens is 2. The number of rotatable bonds is 6. The molecule has 2 heterocycles. The predicted molar refractivity (Wildman–Crippen MR) is 92.8 cm³/mol. The number of benzene rings is 1. The van der Waals surface area contributed by atoms with Crippen molar-refractivity contribution in [1.29, 1.82) is 0 Å². The van der Waals surface area contributed by atoms with Gasteiger partial charge in [-0.1, -0.05) is 12.0 Å². The van der Waals surface area contributed by atoms with E-state index in [1.807, 2.05) is 18.2 Å². The first-order valence-electron chi connectivity index (χ1n) is 7.35. The van der Waals surface area contributed by atoms with Crippen molar-refractivity contribution < 1.29 is 4.74 Å². The lowest BCUT2D eigenvalue weighted by Gasteiger charge is -2.07. The van der Waals surface area contributed by atoms with Crippen LogP contribution in [0.4, 0.5) is 5.82 Å². The van der Waals surface area contributed by atoms with Gasteiger partial charge < -0.3 is 10.5 Å². The van der Waals surface area contributed by atoms with Gasteiger partial charge in [0.1, 0.15) is 11.3 Å². The van der Waals surface area contributed by atoms with Crippen LogP contribution in [-0.2, 0) is 6.42 Å². The van der Waals surface area contributed by atoms with Gasteiger partial charge in [0.25, 0.3) is 0 Å². The summed E-state index contributed by atoms with van der Waals surface area (Å²) in [6.07, 6.45) is 1.55. The van der Waals surface area contributed by atoms with Crippen LogP contribution in [0.1, 0.15) is 18.4 Å². The van der Waals surface area contributed by atoms with Crippen LogP contribution in [0.5, 0.6) is 5.75 Å². The molecule has 0 aliphatic carbocycles. The second-order valence-electron chi connectivity index (χ2n) is 4.97. The molecule has 0 spiro atoms. The van der Waals surface area contributed by atoms with Crippen LogP contribution in [-0.4, -0.2) is 23.1 Å². The number of fused-ring (bicyclic) bond motifs is 3. The highest BCUT2D eigenvalue weighted by molar-refractivity contribution is 7.19. The van der Waals surface area contributed by atoms with E-state index in [4.69, 9.17) is 16.0 Å². The molecule has 23 heavy (non-hydrogen) atoms. The molecule has 0 atom stereocenters. The molecule has 3 aromatic rings. The van der Waals surface area contributed by atoms with Gasteiger partial charge in [-0.15, -0.1) is 11.3 Å². The fourth-order valence-electron chi connectivity index (χ4n) is 2.31. The van der Waals surface area contributed by atoms with Crippen molar-refractivity contribution in [2.45, 2.75) is 19.8 Å². The number of anilines is 1. The van der Waals surface area contributed by atoms with Crippen molar-refractivity contribution in [1.82, 2.24) is 9.97 Å². The largest absolute Gasteiger partial charge is 0.494 e. The average molecular weight is 328 g/mol. The van der Waals surface area contributed by atoms with Gasteiger partial charge >= 0.3 is 0 Å². The molecule has 0 aliphatic heterocycles. The molecule has 2 N–H and O–H groups in total. The fourth-order valence-corrected chi connectivity index (χ4v) is 3.36. The summed E-state index contributed by atoms with van der Waals surface area (Å²) in [6, 6.07) is 5.78. The summed E-state index contributed by atoms with van der Waals surface area (Å²) in [7, 11) is 0. The number of nitrogens with two attached hydrogens (primary N) is 1. The number of aryl methyl sites for hydroxylation is 1. The first-order valence-corrected chi connectivity index (χ1v) is 8.17. The van der Waals surface area contributed by atoms with Gasteiger partial charge in [-0.05, 0) is 30.5 Å². The lowest BCUT2D eigenvalue weighted by Crippen LogP contribution is -1.99. The Morgan fingerprint density at radius 2 is 2.26 bits per heavy atom. The zero-order valence-electron chi connectivity index (χ0n) is 12.7. The Kier molecular flexibility index (Phi) is 4.45. The van der Waals surface area contributed by atoms with Crippen molar-refractivity contribution in [3.63, 3.8) is 0 Å². The van der Waals surface area contributed by atoms with E-state index >= 15 is 0 Å². The average Bonchev–Trinajstić information content (AvgIpc) is 3.00. The maximum absolute atomic E-state index is 8.23. The summed E-state index contributed by atoms with van der Waals surface area (Å²) < 4.78 is 6.73. The van der Waals surface area contributed by atoms with E-state index in [1.54, 1.807) is 11.3 Å². The van der Waals surface area contributed by atoms with Crippen molar-refractivity contribution in [3.05, 3.63) is 33.6 Å². The molecule has 1 aromatic carbocycles. The summed E-state index contributed by atoms with van der Waals surface area (Å²) in [5, 5.41) is 5.57. The van der Waals surface area contributed by atoms with Crippen molar-refractivity contribution in [2.24, 2.45) is 5.11 Å². The predicted octanol–water partition coefficient (Wildman–Crippen LogP) is 4.07. The SMILES string of the molecule is CCc1nc2c(N)nc3cc(OCCCN=[N+]=[N-])ccc3c2s1. The normalized spacial score (nSPS) is 10.8. The van der Waals surface area contributed by atoms with E-state index in [1.165, 1.54) is 0 Å². The second-order valence-corrected chi connectivity index (χ2v) is 6.05. The molecule has 2 aromatic heterocycles. The van der Waals surface area contributed by atoms with Crippen LogP contribution in [0.3, 0.4) is 0 Å². The van der Waals surface area contributed by atoms with E-state index in [2.05, 4.69) is 26.9 Å². The molecule has 7 nitrogen and oxygen atoms in total. The van der Waals surface area contributed by atoms with Crippen molar-refractivity contribution >= 4 is 38.3 Å². The van der Waals surface area contributed by atoms with Crippen molar-refractivity contribution in [3.8, 4) is 5.75 Å². The Balaban J connectivity index is 1.90. The number of azide groups is 1. The van der Waals surface area contributed by atoms with Crippen LogP contribution < -0.4 is 10.5 Å². The molecule has 0 radical (unpaired) electrons. The maximum Gasteiger partial charge on any atom is 0.151 e. The monoisotopic (exact) mass is 328 g/mol. The number of pyridine rings is 1. The van der Waals surface area contributed by atoms with E-state index < -0.39 is 0 Å². The fraction of sp³-hybridized carbons (Fsp3) is 0.333. The molecule has 0 bridgehead atoms.